The average Bonchev–Trinajstić information content (AvgIpc) is 3.13. The first-order valence-corrected chi connectivity index (χ1v) is 9.63. The van der Waals surface area contributed by atoms with Gasteiger partial charge in [0.1, 0.15) is 6.61 Å². The molecule has 0 aliphatic rings. The van der Waals surface area contributed by atoms with Crippen molar-refractivity contribution in [3.05, 3.63) is 69.7 Å². The van der Waals surface area contributed by atoms with E-state index in [1.165, 1.54) is 0 Å². The molecule has 0 atom stereocenters. The van der Waals surface area contributed by atoms with Crippen molar-refractivity contribution >= 4 is 33.5 Å². The van der Waals surface area contributed by atoms with Crippen LogP contribution in [0, 0.1) is 0 Å². The van der Waals surface area contributed by atoms with E-state index in [2.05, 4.69) is 43.4 Å². The minimum atomic E-state index is 0.336. The number of ether oxygens (including phenoxy) is 2. The Balaban J connectivity index is 1.73. The van der Waals surface area contributed by atoms with Crippen molar-refractivity contribution < 1.29 is 9.47 Å². The normalized spacial score (nSPS) is 10.5. The first-order valence-electron chi connectivity index (χ1n) is 8.46. The number of halogens is 2. The Kier molecular flexibility index (Phi) is 6.89. The van der Waals surface area contributed by atoms with Gasteiger partial charge in [-0.15, -0.1) is 6.58 Å². The summed E-state index contributed by atoms with van der Waals surface area (Å²) in [6, 6.07) is 11.4. The third-order valence-electron chi connectivity index (χ3n) is 3.90. The molecule has 1 N–H and O–H groups in total. The van der Waals surface area contributed by atoms with Gasteiger partial charge in [0.05, 0.1) is 18.1 Å². The van der Waals surface area contributed by atoms with Gasteiger partial charge in [-0.25, -0.2) is 4.68 Å². The number of rotatable bonds is 9. The van der Waals surface area contributed by atoms with Crippen molar-refractivity contribution in [2.24, 2.45) is 0 Å². The molecule has 0 spiro atoms. The second-order valence-corrected chi connectivity index (χ2v) is 7.08. The van der Waals surface area contributed by atoms with Crippen molar-refractivity contribution in [2.75, 3.05) is 12.4 Å². The summed E-state index contributed by atoms with van der Waals surface area (Å²) < 4.78 is 13.9. The van der Waals surface area contributed by atoms with Crippen LogP contribution in [-0.4, -0.2) is 27.3 Å². The average molecular weight is 465 g/mol. The van der Waals surface area contributed by atoms with E-state index in [1.54, 1.807) is 17.9 Å². The molecule has 0 aliphatic heterocycles. The number of nitrogens with one attached hydrogen (secondary N) is 1. The van der Waals surface area contributed by atoms with E-state index in [1.807, 2.05) is 36.4 Å². The standard InChI is InChI=1S/C19H19BrClN5O2/c1-3-8-26-19(23-24-25-26)22-11-13-9-15(20)18(17(10-13)27-2)28-12-14-6-4-5-7-16(14)21/h3-7,9-10H,1,8,11-12H2,2H3,(H,22,23,25). The quantitative estimate of drug-likeness (QED) is 0.471. The molecule has 1 heterocycles. The molecule has 0 amide bonds. The lowest BCUT2D eigenvalue weighted by Gasteiger charge is -2.15. The number of anilines is 1. The molecule has 0 bridgehead atoms. The summed E-state index contributed by atoms with van der Waals surface area (Å²) in [6.07, 6.45) is 1.73. The Morgan fingerprint density at radius 1 is 1.32 bits per heavy atom. The Morgan fingerprint density at radius 3 is 2.89 bits per heavy atom. The first kappa shape index (κ1) is 20.2. The molecule has 146 valence electrons. The molecular formula is C19H19BrClN5O2. The second kappa shape index (κ2) is 9.57. The predicted octanol–water partition coefficient (Wildman–Crippen LogP) is 4.47. The zero-order chi connectivity index (χ0) is 19.9. The fourth-order valence-electron chi connectivity index (χ4n) is 2.54. The molecule has 0 radical (unpaired) electrons. The summed E-state index contributed by atoms with van der Waals surface area (Å²) in [5.41, 5.74) is 1.87. The molecule has 3 rings (SSSR count). The van der Waals surface area contributed by atoms with Gasteiger partial charge in [0, 0.05) is 17.1 Å². The van der Waals surface area contributed by atoms with Gasteiger partial charge in [0.2, 0.25) is 5.95 Å². The van der Waals surface area contributed by atoms with E-state index in [0.29, 0.717) is 42.2 Å². The second-order valence-electron chi connectivity index (χ2n) is 5.82. The molecule has 0 saturated carbocycles. The number of tetrazole rings is 1. The van der Waals surface area contributed by atoms with E-state index < -0.39 is 0 Å². The van der Waals surface area contributed by atoms with Crippen molar-refractivity contribution in [1.29, 1.82) is 0 Å². The lowest BCUT2D eigenvalue weighted by atomic mass is 10.2. The maximum absolute atomic E-state index is 6.20. The number of nitrogens with zero attached hydrogens (tertiary/aromatic N) is 4. The molecule has 1 aromatic heterocycles. The summed E-state index contributed by atoms with van der Waals surface area (Å²) in [4.78, 5) is 0. The minimum Gasteiger partial charge on any atom is -0.493 e. The number of benzene rings is 2. The van der Waals surface area contributed by atoms with Crippen LogP contribution in [0.4, 0.5) is 5.95 Å². The van der Waals surface area contributed by atoms with Crippen LogP contribution in [0.2, 0.25) is 5.02 Å². The fourth-order valence-corrected chi connectivity index (χ4v) is 3.33. The van der Waals surface area contributed by atoms with Crippen LogP contribution >= 0.6 is 27.5 Å². The summed E-state index contributed by atoms with van der Waals surface area (Å²) in [5, 5.41) is 15.4. The third-order valence-corrected chi connectivity index (χ3v) is 4.86. The van der Waals surface area contributed by atoms with E-state index >= 15 is 0 Å². The molecule has 7 nitrogen and oxygen atoms in total. The highest BCUT2D eigenvalue weighted by Gasteiger charge is 2.13. The number of allylic oxidation sites excluding steroid dienone is 1. The molecular weight excluding hydrogens is 446 g/mol. The van der Waals surface area contributed by atoms with Gasteiger partial charge in [-0.2, -0.15) is 0 Å². The highest BCUT2D eigenvalue weighted by molar-refractivity contribution is 9.10. The van der Waals surface area contributed by atoms with Crippen molar-refractivity contribution in [3.8, 4) is 11.5 Å². The summed E-state index contributed by atoms with van der Waals surface area (Å²) in [5.74, 6) is 1.79. The zero-order valence-electron chi connectivity index (χ0n) is 15.2. The van der Waals surface area contributed by atoms with Crippen LogP contribution in [0.15, 0.2) is 53.5 Å². The maximum atomic E-state index is 6.20. The SMILES string of the molecule is C=CCn1nnnc1NCc1cc(Br)c(OCc2ccccc2Cl)c(OC)c1. The summed E-state index contributed by atoms with van der Waals surface area (Å²) in [6.45, 7) is 5.07. The Bertz CT molecular complexity index is 963. The smallest absolute Gasteiger partial charge is 0.243 e. The lowest BCUT2D eigenvalue weighted by Crippen LogP contribution is -2.08. The molecule has 2 aromatic carbocycles. The molecule has 28 heavy (non-hydrogen) atoms. The number of hydrogen-bond donors (Lipinski definition) is 1. The Hall–Kier alpha value is -2.58. The molecule has 0 fully saturated rings. The first-order chi connectivity index (χ1) is 13.6. The summed E-state index contributed by atoms with van der Waals surface area (Å²) >= 11 is 9.76. The van der Waals surface area contributed by atoms with Gasteiger partial charge in [-0.1, -0.05) is 41.0 Å². The van der Waals surface area contributed by atoms with E-state index in [0.717, 1.165) is 15.6 Å². The van der Waals surface area contributed by atoms with E-state index in [4.69, 9.17) is 21.1 Å². The highest BCUT2D eigenvalue weighted by Crippen LogP contribution is 2.37. The molecule has 3 aromatic rings. The monoisotopic (exact) mass is 463 g/mol. The van der Waals surface area contributed by atoms with Crippen LogP contribution in [0.1, 0.15) is 11.1 Å². The topological polar surface area (TPSA) is 74.1 Å². The van der Waals surface area contributed by atoms with Gasteiger partial charge in [0.25, 0.3) is 0 Å². The van der Waals surface area contributed by atoms with E-state index in [-0.39, 0.29) is 0 Å². The van der Waals surface area contributed by atoms with Gasteiger partial charge in [0.15, 0.2) is 11.5 Å². The third kappa shape index (κ3) is 4.82. The number of aromatic nitrogens is 4. The Labute approximate surface area is 176 Å². The van der Waals surface area contributed by atoms with Gasteiger partial charge in [-0.05, 0) is 50.1 Å². The van der Waals surface area contributed by atoms with Crippen LogP contribution in [-0.2, 0) is 19.7 Å². The van der Waals surface area contributed by atoms with Crippen LogP contribution in [0.5, 0.6) is 11.5 Å². The van der Waals surface area contributed by atoms with Crippen LogP contribution < -0.4 is 14.8 Å². The lowest BCUT2D eigenvalue weighted by molar-refractivity contribution is 0.282. The van der Waals surface area contributed by atoms with Gasteiger partial charge < -0.3 is 14.8 Å². The minimum absolute atomic E-state index is 0.336. The number of methoxy groups -OCH3 is 1. The summed E-state index contributed by atoms with van der Waals surface area (Å²) in [7, 11) is 1.60. The van der Waals surface area contributed by atoms with Crippen molar-refractivity contribution in [3.63, 3.8) is 0 Å². The van der Waals surface area contributed by atoms with Gasteiger partial charge >= 0.3 is 0 Å². The zero-order valence-corrected chi connectivity index (χ0v) is 17.6. The predicted molar refractivity (Wildman–Crippen MR) is 112 cm³/mol. The van der Waals surface area contributed by atoms with Gasteiger partial charge in [-0.3, -0.25) is 0 Å². The fraction of sp³-hybridized carbons (Fsp3) is 0.211. The number of hydrogen-bond acceptors (Lipinski definition) is 6. The molecule has 0 aliphatic carbocycles. The molecule has 0 saturated heterocycles. The Morgan fingerprint density at radius 2 is 2.14 bits per heavy atom. The molecule has 9 heteroatoms. The van der Waals surface area contributed by atoms with Crippen LogP contribution in [0.3, 0.4) is 0 Å². The van der Waals surface area contributed by atoms with E-state index in [9.17, 15) is 0 Å². The maximum Gasteiger partial charge on any atom is 0.243 e. The van der Waals surface area contributed by atoms with Crippen molar-refractivity contribution in [2.45, 2.75) is 19.7 Å². The highest BCUT2D eigenvalue weighted by atomic mass is 79.9. The van der Waals surface area contributed by atoms with Crippen molar-refractivity contribution in [1.82, 2.24) is 20.2 Å². The molecule has 0 unspecified atom stereocenters. The largest absolute Gasteiger partial charge is 0.493 e. The van der Waals surface area contributed by atoms with Crippen LogP contribution in [0.25, 0.3) is 0 Å².